The number of hydrogen-bond donors (Lipinski definition) is 1. The van der Waals surface area contributed by atoms with E-state index in [1.165, 1.54) is 6.92 Å². The van der Waals surface area contributed by atoms with E-state index in [4.69, 9.17) is 14.2 Å². The highest BCUT2D eigenvalue weighted by Crippen LogP contribution is 2.44. The molecule has 1 heterocycles. The molecule has 1 N–H and O–H groups in total. The highest BCUT2D eigenvalue weighted by atomic mass is 16.6. The van der Waals surface area contributed by atoms with Gasteiger partial charge >= 0.3 is 12.1 Å². The highest BCUT2D eigenvalue weighted by molar-refractivity contribution is 6.13. The van der Waals surface area contributed by atoms with Gasteiger partial charge in [0.1, 0.15) is 11.2 Å². The molecule has 2 rings (SSSR count). The monoisotopic (exact) mass is 405 g/mol. The molecule has 29 heavy (non-hydrogen) atoms. The molecule has 2 atom stereocenters. The fourth-order valence-electron chi connectivity index (χ4n) is 3.14. The van der Waals surface area contributed by atoms with E-state index in [2.05, 4.69) is 6.58 Å². The van der Waals surface area contributed by atoms with Gasteiger partial charge in [-0.2, -0.15) is 0 Å². The van der Waals surface area contributed by atoms with Crippen LogP contribution in [-0.4, -0.2) is 58.4 Å². The molecule has 2 amide bonds. The molecule has 1 saturated heterocycles. The van der Waals surface area contributed by atoms with Crippen LogP contribution in [0.25, 0.3) is 0 Å². The van der Waals surface area contributed by atoms with Gasteiger partial charge < -0.3 is 19.3 Å². The standard InChI is InChI=1S/C21H27NO7/c1-14-16(23)22(18(25)29-19(2,3)4)21(17(24)27-6,20(14,5)26)13-28-12-15-10-8-7-9-11-15/h7-11,26H,1,12-13H2,2-6H3/t20-,21-/m0/s1. The lowest BCUT2D eigenvalue weighted by atomic mass is 9.80. The number of amides is 2. The third kappa shape index (κ3) is 4.04. The van der Waals surface area contributed by atoms with Crippen LogP contribution in [0.15, 0.2) is 42.5 Å². The van der Waals surface area contributed by atoms with Gasteiger partial charge in [0.2, 0.25) is 5.54 Å². The second-order valence-corrected chi connectivity index (χ2v) is 8.00. The highest BCUT2D eigenvalue weighted by Gasteiger charge is 2.70. The summed E-state index contributed by atoms with van der Waals surface area (Å²) in [5.74, 6) is -1.95. The molecule has 1 aliphatic rings. The molecule has 8 heteroatoms. The second-order valence-electron chi connectivity index (χ2n) is 8.00. The predicted octanol–water partition coefficient (Wildman–Crippen LogP) is 2.20. The van der Waals surface area contributed by atoms with Crippen molar-refractivity contribution in [2.45, 2.75) is 51.0 Å². The van der Waals surface area contributed by atoms with Crippen molar-refractivity contribution in [3.05, 3.63) is 48.0 Å². The number of likely N-dealkylation sites (tertiary alicyclic amines) is 1. The Morgan fingerprint density at radius 1 is 1.21 bits per heavy atom. The Hall–Kier alpha value is -2.71. The molecule has 8 nitrogen and oxygen atoms in total. The molecule has 1 aromatic carbocycles. The largest absolute Gasteiger partial charge is 0.467 e. The molecule has 1 fully saturated rings. The van der Waals surface area contributed by atoms with Crippen LogP contribution in [-0.2, 0) is 30.4 Å². The van der Waals surface area contributed by atoms with Gasteiger partial charge in [0, 0.05) is 5.57 Å². The number of hydrogen-bond acceptors (Lipinski definition) is 7. The molecule has 0 unspecified atom stereocenters. The van der Waals surface area contributed by atoms with Gasteiger partial charge in [-0.15, -0.1) is 0 Å². The van der Waals surface area contributed by atoms with Crippen LogP contribution in [0.1, 0.15) is 33.3 Å². The zero-order chi connectivity index (χ0) is 22.0. The van der Waals surface area contributed by atoms with E-state index in [0.717, 1.165) is 12.7 Å². The molecule has 0 bridgehead atoms. The van der Waals surface area contributed by atoms with E-state index in [1.54, 1.807) is 20.8 Å². The number of methoxy groups -OCH3 is 1. The van der Waals surface area contributed by atoms with Crippen LogP contribution in [0.3, 0.4) is 0 Å². The number of carbonyl (C=O) groups is 3. The Bertz CT molecular complexity index is 810. The molecule has 1 aliphatic heterocycles. The molecule has 0 aliphatic carbocycles. The average Bonchev–Trinajstić information content (AvgIpc) is 2.79. The molecular formula is C21H27NO7. The van der Waals surface area contributed by atoms with Gasteiger partial charge in [-0.1, -0.05) is 36.9 Å². The third-order valence-corrected chi connectivity index (χ3v) is 4.76. The number of aliphatic hydroxyl groups is 1. The normalized spacial score (nSPS) is 24.6. The Kier molecular flexibility index (Phi) is 6.20. The first kappa shape index (κ1) is 22.6. The minimum atomic E-state index is -2.19. The minimum Gasteiger partial charge on any atom is -0.467 e. The number of nitrogens with zero attached hydrogens (tertiary/aromatic N) is 1. The molecular weight excluding hydrogens is 378 g/mol. The van der Waals surface area contributed by atoms with Gasteiger partial charge in [0.05, 0.1) is 20.3 Å². The van der Waals surface area contributed by atoms with E-state index >= 15 is 0 Å². The summed E-state index contributed by atoms with van der Waals surface area (Å²) in [6.07, 6.45) is -1.10. The second kappa shape index (κ2) is 7.96. The maximum atomic E-state index is 12.9. The Morgan fingerprint density at radius 2 is 1.79 bits per heavy atom. The molecule has 0 radical (unpaired) electrons. The van der Waals surface area contributed by atoms with Crippen molar-refractivity contribution in [2.75, 3.05) is 13.7 Å². The summed E-state index contributed by atoms with van der Waals surface area (Å²) in [6, 6.07) is 9.10. The first-order valence-corrected chi connectivity index (χ1v) is 9.08. The summed E-state index contributed by atoms with van der Waals surface area (Å²) in [5, 5.41) is 11.1. The van der Waals surface area contributed by atoms with Gasteiger partial charge in [-0.3, -0.25) is 4.79 Å². The maximum Gasteiger partial charge on any atom is 0.418 e. The summed E-state index contributed by atoms with van der Waals surface area (Å²) in [6.45, 7) is 9.22. The van der Waals surface area contributed by atoms with E-state index in [-0.39, 0.29) is 12.2 Å². The lowest BCUT2D eigenvalue weighted by molar-refractivity contribution is -0.174. The summed E-state index contributed by atoms with van der Waals surface area (Å²) in [4.78, 5) is 39.1. The van der Waals surface area contributed by atoms with Crippen LogP contribution < -0.4 is 0 Å². The first-order chi connectivity index (χ1) is 13.4. The van der Waals surface area contributed by atoms with Crippen molar-refractivity contribution in [1.82, 2.24) is 4.90 Å². The van der Waals surface area contributed by atoms with Crippen molar-refractivity contribution in [1.29, 1.82) is 0 Å². The number of imide groups is 1. The smallest absolute Gasteiger partial charge is 0.418 e. The Labute approximate surface area is 170 Å². The van der Waals surface area contributed by atoms with Crippen LogP contribution in [0.4, 0.5) is 4.79 Å². The fraction of sp³-hybridized carbons (Fsp3) is 0.476. The summed E-state index contributed by atoms with van der Waals surface area (Å²) in [7, 11) is 1.09. The van der Waals surface area contributed by atoms with Gasteiger partial charge in [-0.05, 0) is 33.3 Å². The van der Waals surface area contributed by atoms with Crippen LogP contribution in [0.5, 0.6) is 0 Å². The maximum absolute atomic E-state index is 12.9. The van der Waals surface area contributed by atoms with E-state index in [0.29, 0.717) is 4.90 Å². The number of ether oxygens (including phenoxy) is 3. The summed E-state index contributed by atoms with van der Waals surface area (Å²) in [5.41, 5.74) is -4.80. The number of esters is 1. The van der Waals surface area contributed by atoms with E-state index in [9.17, 15) is 19.5 Å². The zero-order valence-corrected chi connectivity index (χ0v) is 17.4. The SMILES string of the molecule is C=C1C(=O)N(C(=O)OC(C)(C)C)[C@@](COCc2ccccc2)(C(=O)OC)[C@@]1(C)O. The number of rotatable bonds is 5. The zero-order valence-electron chi connectivity index (χ0n) is 17.4. The lowest BCUT2D eigenvalue weighted by Gasteiger charge is -2.40. The van der Waals surface area contributed by atoms with E-state index < -0.39 is 41.3 Å². The van der Waals surface area contributed by atoms with Crippen molar-refractivity contribution in [3.63, 3.8) is 0 Å². The molecule has 0 spiro atoms. The van der Waals surface area contributed by atoms with Crippen LogP contribution in [0.2, 0.25) is 0 Å². The molecule has 1 aromatic rings. The average molecular weight is 405 g/mol. The number of benzene rings is 1. The topological polar surface area (TPSA) is 102 Å². The van der Waals surface area contributed by atoms with Crippen LogP contribution in [0, 0.1) is 0 Å². The Balaban J connectivity index is 2.47. The van der Waals surface area contributed by atoms with Crippen molar-refractivity contribution in [2.24, 2.45) is 0 Å². The van der Waals surface area contributed by atoms with Crippen molar-refractivity contribution >= 4 is 18.0 Å². The quantitative estimate of drug-likeness (QED) is 0.592. The van der Waals surface area contributed by atoms with Crippen molar-refractivity contribution in [3.8, 4) is 0 Å². The summed E-state index contributed by atoms with van der Waals surface area (Å²) < 4.78 is 15.8. The van der Waals surface area contributed by atoms with Gasteiger partial charge in [0.15, 0.2) is 0 Å². The minimum absolute atomic E-state index is 0.0818. The molecule has 0 aromatic heterocycles. The van der Waals surface area contributed by atoms with Gasteiger partial charge in [-0.25, -0.2) is 14.5 Å². The molecule has 158 valence electrons. The van der Waals surface area contributed by atoms with Crippen molar-refractivity contribution < 1.29 is 33.7 Å². The molecule has 0 saturated carbocycles. The third-order valence-electron chi connectivity index (χ3n) is 4.76. The first-order valence-electron chi connectivity index (χ1n) is 9.08. The van der Waals surface area contributed by atoms with Gasteiger partial charge in [0.25, 0.3) is 5.91 Å². The lowest BCUT2D eigenvalue weighted by Crippen LogP contribution is -2.67. The number of carbonyl (C=O) groups excluding carboxylic acids is 3. The summed E-state index contributed by atoms with van der Waals surface area (Å²) >= 11 is 0. The van der Waals surface area contributed by atoms with Crippen LogP contribution >= 0.6 is 0 Å². The fourth-order valence-corrected chi connectivity index (χ4v) is 3.14. The predicted molar refractivity (Wildman–Crippen MR) is 104 cm³/mol. The van der Waals surface area contributed by atoms with E-state index in [1.807, 2.05) is 30.3 Å². The Morgan fingerprint density at radius 3 is 2.31 bits per heavy atom.